The van der Waals surface area contributed by atoms with E-state index in [1.165, 1.54) is 10.8 Å². The Morgan fingerprint density at radius 2 is 1.83 bits per heavy atom. The number of aromatic nitrogens is 3. The van der Waals surface area contributed by atoms with E-state index in [4.69, 9.17) is 11.6 Å². The van der Waals surface area contributed by atoms with Crippen molar-refractivity contribution >= 4 is 34.2 Å². The normalized spacial score (nSPS) is 11.0. The van der Waals surface area contributed by atoms with Crippen LogP contribution in [-0.2, 0) is 7.05 Å². The van der Waals surface area contributed by atoms with Crippen LogP contribution in [0.2, 0.25) is 5.02 Å². The van der Waals surface area contributed by atoms with Gasteiger partial charge in [0.2, 0.25) is 0 Å². The number of carbonyl (C=O) groups excluding carboxylic acids is 1. The average molecular weight is 409 g/mol. The van der Waals surface area contributed by atoms with Crippen molar-refractivity contribution in [2.45, 2.75) is 6.92 Å². The first-order valence-electron chi connectivity index (χ1n) is 8.84. The molecule has 0 bridgehead atoms. The van der Waals surface area contributed by atoms with Gasteiger partial charge < -0.3 is 14.9 Å². The molecule has 29 heavy (non-hydrogen) atoms. The van der Waals surface area contributed by atoms with E-state index < -0.39 is 17.2 Å². The van der Waals surface area contributed by atoms with E-state index in [-0.39, 0.29) is 16.6 Å². The first kappa shape index (κ1) is 18.8. The van der Waals surface area contributed by atoms with Crippen LogP contribution in [0.4, 0.5) is 5.69 Å². The molecular formula is C21H17ClN4O3. The second-order valence-electron chi connectivity index (χ2n) is 6.70. The highest BCUT2D eigenvalue weighted by molar-refractivity contribution is 6.31. The number of aromatic amines is 1. The van der Waals surface area contributed by atoms with Gasteiger partial charge in [-0.25, -0.2) is 9.36 Å². The van der Waals surface area contributed by atoms with Gasteiger partial charge in [-0.05, 0) is 36.8 Å². The van der Waals surface area contributed by atoms with Gasteiger partial charge in [-0.1, -0.05) is 35.9 Å². The smallest absolute Gasteiger partial charge is 0.333 e. The molecule has 0 saturated carbocycles. The lowest BCUT2D eigenvalue weighted by Gasteiger charge is -2.08. The molecule has 0 aliphatic carbocycles. The third-order valence-corrected chi connectivity index (χ3v) is 4.96. The van der Waals surface area contributed by atoms with Gasteiger partial charge in [0.25, 0.3) is 11.5 Å². The van der Waals surface area contributed by atoms with Crippen LogP contribution in [0.5, 0.6) is 0 Å². The maximum Gasteiger partial charge on any atom is 0.333 e. The van der Waals surface area contributed by atoms with Crippen LogP contribution < -0.4 is 16.6 Å². The van der Waals surface area contributed by atoms with E-state index >= 15 is 0 Å². The Morgan fingerprint density at radius 1 is 1.10 bits per heavy atom. The highest BCUT2D eigenvalue weighted by Gasteiger charge is 2.20. The van der Waals surface area contributed by atoms with Gasteiger partial charge in [0.15, 0.2) is 0 Å². The molecule has 0 saturated heterocycles. The molecule has 8 heteroatoms. The minimum atomic E-state index is -0.618. The predicted octanol–water partition coefficient (Wildman–Crippen LogP) is 3.23. The Bertz CT molecular complexity index is 1370. The maximum atomic E-state index is 13.0. The van der Waals surface area contributed by atoms with Gasteiger partial charge >= 0.3 is 5.69 Å². The maximum absolute atomic E-state index is 13.0. The third-order valence-electron chi connectivity index (χ3n) is 4.73. The molecule has 146 valence electrons. The molecule has 2 aromatic carbocycles. The summed E-state index contributed by atoms with van der Waals surface area (Å²) in [5.41, 5.74) is 1.32. The van der Waals surface area contributed by atoms with Crippen molar-refractivity contribution in [1.29, 1.82) is 0 Å². The number of nitrogens with zero attached hydrogens (tertiary/aromatic N) is 2. The Labute approximate surface area is 170 Å². The number of nitrogens with one attached hydrogen (secondary N) is 2. The lowest BCUT2D eigenvalue weighted by Crippen LogP contribution is -2.34. The zero-order chi connectivity index (χ0) is 20.7. The van der Waals surface area contributed by atoms with E-state index in [1.54, 1.807) is 55.6 Å². The molecule has 0 aliphatic heterocycles. The van der Waals surface area contributed by atoms with Crippen LogP contribution >= 0.6 is 11.6 Å². The van der Waals surface area contributed by atoms with Gasteiger partial charge in [0, 0.05) is 24.0 Å². The van der Waals surface area contributed by atoms with Crippen molar-refractivity contribution in [1.82, 2.24) is 14.1 Å². The molecule has 0 radical (unpaired) electrons. The van der Waals surface area contributed by atoms with Crippen molar-refractivity contribution in [2.75, 3.05) is 5.32 Å². The molecule has 2 N–H and O–H groups in total. The summed E-state index contributed by atoms with van der Waals surface area (Å²) in [7, 11) is 1.65. The quantitative estimate of drug-likeness (QED) is 0.545. The number of aryl methyl sites for hydroxylation is 2. The van der Waals surface area contributed by atoms with Crippen LogP contribution in [0, 0.1) is 6.92 Å². The Balaban J connectivity index is 1.85. The fourth-order valence-electron chi connectivity index (χ4n) is 3.27. The van der Waals surface area contributed by atoms with Gasteiger partial charge in [-0.2, -0.15) is 0 Å². The fraction of sp³-hybridized carbons (Fsp3) is 0.0952. The van der Waals surface area contributed by atoms with E-state index in [0.717, 1.165) is 10.1 Å². The lowest BCUT2D eigenvalue weighted by atomic mass is 10.2. The summed E-state index contributed by atoms with van der Waals surface area (Å²) in [5.74, 6) is -0.450. The Hall–Kier alpha value is -3.58. The third kappa shape index (κ3) is 3.25. The number of fused-ring (bicyclic) bond motifs is 1. The number of benzene rings is 2. The SMILES string of the molecule is Cc1ccc(Cl)cc1NC(=O)c1cn(C)c2c(=O)n(-c3ccccc3)c(=O)[nH]c12. The number of amides is 1. The molecule has 0 unspecified atom stereocenters. The van der Waals surface area contributed by atoms with Crippen molar-refractivity contribution in [3.05, 3.63) is 91.7 Å². The van der Waals surface area contributed by atoms with Crippen LogP contribution in [-0.4, -0.2) is 20.0 Å². The highest BCUT2D eigenvalue weighted by atomic mass is 35.5. The van der Waals surface area contributed by atoms with E-state index in [2.05, 4.69) is 10.3 Å². The average Bonchev–Trinajstić information content (AvgIpc) is 3.02. The molecule has 1 amide bonds. The number of anilines is 1. The van der Waals surface area contributed by atoms with Crippen molar-refractivity contribution in [2.24, 2.45) is 7.05 Å². The molecule has 2 aromatic heterocycles. The van der Waals surface area contributed by atoms with E-state index in [9.17, 15) is 14.4 Å². The van der Waals surface area contributed by atoms with Crippen molar-refractivity contribution in [3.8, 4) is 5.69 Å². The zero-order valence-electron chi connectivity index (χ0n) is 15.7. The molecule has 0 aliphatic rings. The summed E-state index contributed by atoms with van der Waals surface area (Å²) in [6.45, 7) is 1.84. The summed E-state index contributed by atoms with van der Waals surface area (Å²) in [6, 6.07) is 13.8. The Kier molecular flexibility index (Phi) is 4.60. The van der Waals surface area contributed by atoms with Gasteiger partial charge in [0.05, 0.1) is 16.8 Å². The van der Waals surface area contributed by atoms with E-state index in [0.29, 0.717) is 16.4 Å². The largest absolute Gasteiger partial charge is 0.344 e. The molecule has 4 rings (SSSR count). The first-order valence-corrected chi connectivity index (χ1v) is 9.22. The number of rotatable bonds is 3. The minimum Gasteiger partial charge on any atom is -0.344 e. The fourth-order valence-corrected chi connectivity index (χ4v) is 3.45. The van der Waals surface area contributed by atoms with Crippen LogP contribution in [0.3, 0.4) is 0 Å². The number of para-hydroxylation sites is 1. The van der Waals surface area contributed by atoms with Crippen LogP contribution in [0.25, 0.3) is 16.7 Å². The second kappa shape index (κ2) is 7.10. The number of halogens is 1. The van der Waals surface area contributed by atoms with Gasteiger partial charge in [-0.3, -0.25) is 9.59 Å². The number of hydrogen-bond donors (Lipinski definition) is 2. The predicted molar refractivity (Wildman–Crippen MR) is 113 cm³/mol. The number of hydrogen-bond acceptors (Lipinski definition) is 3. The summed E-state index contributed by atoms with van der Waals surface area (Å²) in [4.78, 5) is 41.2. The molecule has 0 atom stereocenters. The first-order chi connectivity index (χ1) is 13.9. The van der Waals surface area contributed by atoms with Crippen molar-refractivity contribution < 1.29 is 4.79 Å². The lowest BCUT2D eigenvalue weighted by molar-refractivity contribution is 0.102. The topological polar surface area (TPSA) is 88.9 Å². The molecule has 4 aromatic rings. The molecular weight excluding hydrogens is 392 g/mol. The summed E-state index contributed by atoms with van der Waals surface area (Å²) >= 11 is 6.02. The van der Waals surface area contributed by atoms with E-state index in [1.807, 2.05) is 6.92 Å². The molecule has 0 spiro atoms. The second-order valence-corrected chi connectivity index (χ2v) is 7.13. The molecule has 7 nitrogen and oxygen atoms in total. The summed E-state index contributed by atoms with van der Waals surface area (Å²) in [6.07, 6.45) is 1.52. The standard InChI is InChI=1S/C21H17ClN4O3/c1-12-8-9-13(22)10-16(12)23-19(27)15-11-25(2)18-17(15)24-21(29)26(20(18)28)14-6-4-3-5-7-14/h3-11H,1-2H3,(H,23,27)(H,24,29). The summed E-state index contributed by atoms with van der Waals surface area (Å²) in [5, 5.41) is 3.28. The van der Waals surface area contributed by atoms with Gasteiger partial charge in [-0.15, -0.1) is 0 Å². The monoisotopic (exact) mass is 408 g/mol. The van der Waals surface area contributed by atoms with Crippen LogP contribution in [0.1, 0.15) is 15.9 Å². The molecule has 2 heterocycles. The highest BCUT2D eigenvalue weighted by Crippen LogP contribution is 2.22. The number of H-pyrrole nitrogens is 1. The Morgan fingerprint density at radius 3 is 2.55 bits per heavy atom. The van der Waals surface area contributed by atoms with Gasteiger partial charge in [0.1, 0.15) is 5.52 Å². The van der Waals surface area contributed by atoms with Crippen molar-refractivity contribution in [3.63, 3.8) is 0 Å². The number of carbonyl (C=O) groups is 1. The molecule has 0 fully saturated rings. The van der Waals surface area contributed by atoms with Crippen LogP contribution in [0.15, 0.2) is 64.3 Å². The zero-order valence-corrected chi connectivity index (χ0v) is 16.4. The minimum absolute atomic E-state index is 0.187. The summed E-state index contributed by atoms with van der Waals surface area (Å²) < 4.78 is 2.58.